The van der Waals surface area contributed by atoms with E-state index in [0.717, 1.165) is 11.1 Å². The number of rotatable bonds is 5. The molecule has 7 atom stereocenters. The highest BCUT2D eigenvalue weighted by Gasteiger charge is 2.60. The number of amides is 1. The standard InChI is InChI=1S/C35H43N3O10S/c1-14(2)8-22(40)36-19-12-49-33-25-24(32-31(46-13-47-32)16(4)30(25)48-17(5)39)21(11-45-35(19)43)38-27(33)26-23-18(10-20(34(38)42)37(26)6)9-15(3)29(44-7)28(23)41/h9,14,19-21,26-27,33-34,41-42H,8,10-13H2,1-7H3,(H,36,40)/t19-,20-,21-,26+,27?,33+,34-/m0/s1. The van der Waals surface area contributed by atoms with Crippen LogP contribution in [0.3, 0.4) is 0 Å². The molecule has 0 spiro atoms. The van der Waals surface area contributed by atoms with Crippen LogP contribution in [0.25, 0.3) is 0 Å². The van der Waals surface area contributed by atoms with Crippen molar-refractivity contribution in [1.29, 1.82) is 0 Å². The summed E-state index contributed by atoms with van der Waals surface area (Å²) in [6.45, 7) is 8.64. The number of likely N-dealkylation sites (N-methyl/N-ethyl adjacent to an activating group) is 1. The van der Waals surface area contributed by atoms with Gasteiger partial charge >= 0.3 is 11.9 Å². The van der Waals surface area contributed by atoms with Crippen molar-refractivity contribution in [2.24, 2.45) is 5.92 Å². The van der Waals surface area contributed by atoms with Gasteiger partial charge in [0.25, 0.3) is 0 Å². The van der Waals surface area contributed by atoms with E-state index in [0.29, 0.717) is 51.7 Å². The van der Waals surface area contributed by atoms with Gasteiger partial charge in [-0.15, -0.1) is 11.8 Å². The summed E-state index contributed by atoms with van der Waals surface area (Å²) < 4.78 is 29.7. The molecule has 0 aliphatic carbocycles. The number of aromatic hydroxyl groups is 1. The minimum Gasteiger partial charge on any atom is -0.504 e. The van der Waals surface area contributed by atoms with Crippen molar-refractivity contribution in [2.75, 3.05) is 33.3 Å². The number of aliphatic hydroxyl groups excluding tert-OH is 1. The van der Waals surface area contributed by atoms with Gasteiger partial charge < -0.3 is 39.2 Å². The average molecular weight is 698 g/mol. The van der Waals surface area contributed by atoms with Crippen molar-refractivity contribution in [3.63, 3.8) is 0 Å². The molecule has 0 saturated carbocycles. The Bertz CT molecular complexity index is 1730. The molecule has 1 amide bonds. The largest absolute Gasteiger partial charge is 0.504 e. The number of hydrogen-bond acceptors (Lipinski definition) is 13. The number of carbonyl (C=O) groups is 3. The number of carbonyl (C=O) groups excluding carboxylic acids is 3. The maximum Gasteiger partial charge on any atom is 0.329 e. The molecule has 2 saturated heterocycles. The van der Waals surface area contributed by atoms with E-state index in [4.69, 9.17) is 23.7 Å². The lowest BCUT2D eigenvalue weighted by Gasteiger charge is -2.62. The Morgan fingerprint density at radius 2 is 1.86 bits per heavy atom. The first-order chi connectivity index (χ1) is 23.3. The molecule has 49 heavy (non-hydrogen) atoms. The molecule has 2 aromatic rings. The second kappa shape index (κ2) is 12.6. The number of phenols is 1. The first kappa shape index (κ1) is 33.8. The Labute approximate surface area is 289 Å². The van der Waals surface area contributed by atoms with Gasteiger partial charge in [-0.3, -0.25) is 19.4 Å². The van der Waals surface area contributed by atoms with Gasteiger partial charge in [-0.05, 0) is 44.4 Å². The number of nitrogens with zero attached hydrogens (tertiary/aromatic N) is 2. The summed E-state index contributed by atoms with van der Waals surface area (Å²) >= 11 is 1.40. The molecule has 0 aromatic heterocycles. The Balaban J connectivity index is 1.47. The summed E-state index contributed by atoms with van der Waals surface area (Å²) in [6.07, 6.45) is -0.325. The lowest BCUT2D eigenvalue weighted by atomic mass is 9.73. The number of methoxy groups -OCH3 is 1. The molecule has 5 heterocycles. The third-order valence-corrected chi connectivity index (χ3v) is 11.8. The first-order valence-electron chi connectivity index (χ1n) is 16.6. The van der Waals surface area contributed by atoms with Crippen LogP contribution in [-0.4, -0.2) is 95.5 Å². The lowest BCUT2D eigenvalue weighted by molar-refractivity contribution is -0.184. The van der Waals surface area contributed by atoms with Crippen LogP contribution >= 0.6 is 11.8 Å². The number of aliphatic hydroxyl groups is 1. The van der Waals surface area contributed by atoms with E-state index < -0.39 is 47.6 Å². The van der Waals surface area contributed by atoms with Gasteiger partial charge in [0.1, 0.15) is 24.6 Å². The molecule has 4 bridgehead atoms. The molecular formula is C35H43N3O10S. The Morgan fingerprint density at radius 1 is 1.12 bits per heavy atom. The second-order valence-electron chi connectivity index (χ2n) is 13.9. The van der Waals surface area contributed by atoms with E-state index in [1.54, 1.807) is 0 Å². The number of piperazine rings is 1. The molecule has 1 unspecified atom stereocenters. The van der Waals surface area contributed by atoms with E-state index >= 15 is 0 Å². The number of nitrogens with one attached hydrogen (secondary N) is 1. The van der Waals surface area contributed by atoms with Crippen LogP contribution in [0.4, 0.5) is 0 Å². The molecule has 14 heteroatoms. The number of thioether (sulfide) groups is 1. The second-order valence-corrected chi connectivity index (χ2v) is 15.1. The van der Waals surface area contributed by atoms with Gasteiger partial charge in [0, 0.05) is 47.4 Å². The van der Waals surface area contributed by atoms with Crippen LogP contribution in [0.15, 0.2) is 6.07 Å². The van der Waals surface area contributed by atoms with Crippen LogP contribution < -0.4 is 24.3 Å². The number of cyclic esters (lactones) is 1. The predicted molar refractivity (Wildman–Crippen MR) is 178 cm³/mol. The highest BCUT2D eigenvalue weighted by Crippen LogP contribution is 2.63. The minimum atomic E-state index is -1.03. The van der Waals surface area contributed by atoms with Crippen molar-refractivity contribution < 1.29 is 48.3 Å². The fourth-order valence-electron chi connectivity index (χ4n) is 8.50. The highest BCUT2D eigenvalue weighted by atomic mass is 32.2. The van der Waals surface area contributed by atoms with Crippen molar-refractivity contribution in [3.05, 3.63) is 39.4 Å². The number of aryl methyl sites for hydroxylation is 1. The molecule has 0 radical (unpaired) electrons. The van der Waals surface area contributed by atoms with E-state index in [-0.39, 0.29) is 49.2 Å². The van der Waals surface area contributed by atoms with Gasteiger partial charge in [-0.25, -0.2) is 4.79 Å². The number of fused-ring (bicyclic) bond motifs is 9. The zero-order valence-corrected chi connectivity index (χ0v) is 29.5. The number of esters is 2. The monoisotopic (exact) mass is 697 g/mol. The molecule has 5 aliphatic rings. The zero-order chi connectivity index (χ0) is 35.0. The summed E-state index contributed by atoms with van der Waals surface area (Å²) in [6, 6.07) is -1.10. The predicted octanol–water partition coefficient (Wildman–Crippen LogP) is 3.19. The summed E-state index contributed by atoms with van der Waals surface area (Å²) in [5, 5.41) is 26.5. The summed E-state index contributed by atoms with van der Waals surface area (Å²) in [5.41, 5.74) is 4.26. The number of benzene rings is 2. The van der Waals surface area contributed by atoms with Crippen molar-refractivity contribution >= 4 is 29.6 Å². The van der Waals surface area contributed by atoms with Crippen molar-refractivity contribution in [2.45, 2.75) is 89.1 Å². The number of phenolic OH excluding ortho intramolecular Hbond substituents is 1. The Kier molecular flexibility index (Phi) is 8.65. The molecule has 5 aliphatic heterocycles. The van der Waals surface area contributed by atoms with E-state index in [1.807, 2.05) is 45.7 Å². The molecular weight excluding hydrogens is 654 g/mol. The van der Waals surface area contributed by atoms with Crippen LogP contribution in [0.2, 0.25) is 0 Å². The van der Waals surface area contributed by atoms with Crippen LogP contribution in [0, 0.1) is 19.8 Å². The average Bonchev–Trinajstić information content (AvgIpc) is 3.52. The van der Waals surface area contributed by atoms with Crippen LogP contribution in [-0.2, 0) is 25.5 Å². The van der Waals surface area contributed by atoms with Gasteiger partial charge in [-0.2, -0.15) is 0 Å². The van der Waals surface area contributed by atoms with E-state index in [9.17, 15) is 24.6 Å². The fourth-order valence-corrected chi connectivity index (χ4v) is 10.0. The summed E-state index contributed by atoms with van der Waals surface area (Å²) in [5.74, 6) is 0.468. The topological polar surface area (TPSA) is 156 Å². The number of hydrogen-bond donors (Lipinski definition) is 3. The van der Waals surface area contributed by atoms with Crippen LogP contribution in [0.5, 0.6) is 28.7 Å². The van der Waals surface area contributed by atoms with Gasteiger partial charge in [0.2, 0.25) is 12.7 Å². The fraction of sp³-hybridized carbons (Fsp3) is 0.571. The zero-order valence-electron chi connectivity index (χ0n) is 28.7. The quantitative estimate of drug-likeness (QED) is 0.310. The SMILES string of the molecule is COc1c(C)cc2c(c1O)[C@@H]1C3[C@@H]4SC[C@H](NC(=O)CC(C)C)C(=O)OC[C@@H](c5c6c(c(C)c(OC(C)=O)c54)OCO6)N3[C@@H](O)[C@H](C2)N1C. The van der Waals surface area contributed by atoms with Crippen molar-refractivity contribution in [1.82, 2.24) is 15.1 Å². The van der Waals surface area contributed by atoms with Crippen molar-refractivity contribution in [3.8, 4) is 28.7 Å². The lowest BCUT2D eigenvalue weighted by Crippen LogP contribution is -2.69. The van der Waals surface area contributed by atoms with Crippen LogP contribution in [0.1, 0.15) is 77.9 Å². The smallest absolute Gasteiger partial charge is 0.329 e. The van der Waals surface area contributed by atoms with E-state index in [2.05, 4.69) is 10.2 Å². The highest BCUT2D eigenvalue weighted by molar-refractivity contribution is 7.99. The summed E-state index contributed by atoms with van der Waals surface area (Å²) in [7, 11) is 3.46. The third-order valence-electron chi connectivity index (χ3n) is 10.4. The van der Waals surface area contributed by atoms with Gasteiger partial charge in [-0.1, -0.05) is 19.9 Å². The number of ether oxygens (including phenoxy) is 5. The molecule has 7 rings (SSSR count). The molecule has 13 nitrogen and oxygen atoms in total. The minimum absolute atomic E-state index is 0.0367. The first-order valence-corrected chi connectivity index (χ1v) is 17.7. The molecule has 3 N–H and O–H groups in total. The molecule has 2 fully saturated rings. The summed E-state index contributed by atoms with van der Waals surface area (Å²) in [4.78, 5) is 43.3. The molecule has 2 aromatic carbocycles. The maximum absolute atomic E-state index is 13.6. The normalized spacial score (nSPS) is 28.7. The Hall–Kier alpha value is -3.72. The van der Waals surface area contributed by atoms with E-state index in [1.165, 1.54) is 25.8 Å². The molecule has 264 valence electrons. The maximum atomic E-state index is 13.6. The van der Waals surface area contributed by atoms with Gasteiger partial charge in [0.05, 0.1) is 30.5 Å². The Morgan fingerprint density at radius 3 is 2.55 bits per heavy atom. The van der Waals surface area contributed by atoms with Gasteiger partial charge in [0.15, 0.2) is 23.0 Å². The third kappa shape index (κ3) is 5.29.